The summed E-state index contributed by atoms with van der Waals surface area (Å²) in [6.45, 7) is 11.7. The van der Waals surface area contributed by atoms with Gasteiger partial charge in [-0.3, -0.25) is 14.4 Å². The first kappa shape index (κ1) is 30.4. The first-order valence-electron chi connectivity index (χ1n) is 12.2. The maximum Gasteiger partial charge on any atom is 0.306 e. The average molecular weight is 458 g/mol. The molecule has 0 aliphatic carbocycles. The molecule has 0 bridgehead atoms. The zero-order valence-electron chi connectivity index (χ0n) is 21.3. The number of hydrogen-bond donors (Lipinski definition) is 2. The number of unbranched alkanes of at least 4 members (excludes halogenated alkanes) is 7. The summed E-state index contributed by atoms with van der Waals surface area (Å²) in [5, 5.41) is 11.8. The summed E-state index contributed by atoms with van der Waals surface area (Å²) in [5.74, 6) is -0.932. The molecule has 0 radical (unpaired) electrons. The summed E-state index contributed by atoms with van der Waals surface area (Å²) in [6.07, 6.45) is 9.74. The molecule has 0 rings (SSSR count). The third kappa shape index (κ3) is 20.3. The second kappa shape index (κ2) is 16.1. The van der Waals surface area contributed by atoms with E-state index in [0.717, 1.165) is 51.4 Å². The lowest BCUT2D eigenvalue weighted by Gasteiger charge is -2.27. The van der Waals surface area contributed by atoms with Crippen LogP contribution < -0.4 is 5.32 Å². The first-order valence-corrected chi connectivity index (χ1v) is 12.2. The van der Waals surface area contributed by atoms with Crippen LogP contribution in [0.4, 0.5) is 0 Å². The molecule has 188 valence electrons. The van der Waals surface area contributed by atoms with Crippen molar-refractivity contribution in [3.05, 3.63) is 0 Å². The van der Waals surface area contributed by atoms with E-state index in [4.69, 9.17) is 14.6 Å². The van der Waals surface area contributed by atoms with Gasteiger partial charge in [-0.05, 0) is 60.8 Å². The molecule has 0 saturated heterocycles. The van der Waals surface area contributed by atoms with Crippen LogP contribution in [0.15, 0.2) is 0 Å². The number of carbonyl (C=O) groups excluding carboxylic acids is 2. The Morgan fingerprint density at radius 1 is 0.844 bits per heavy atom. The summed E-state index contributed by atoms with van der Waals surface area (Å²) in [6, 6.07) is 0. The van der Waals surface area contributed by atoms with E-state index in [-0.39, 0.29) is 29.9 Å². The highest BCUT2D eigenvalue weighted by atomic mass is 16.6. The lowest BCUT2D eigenvalue weighted by molar-refractivity contribution is -0.155. The van der Waals surface area contributed by atoms with Gasteiger partial charge in [0.15, 0.2) is 0 Å². The number of ether oxygens (including phenoxy) is 2. The fourth-order valence-electron chi connectivity index (χ4n) is 3.33. The molecule has 0 heterocycles. The fourth-order valence-corrected chi connectivity index (χ4v) is 3.33. The van der Waals surface area contributed by atoms with E-state index in [1.807, 2.05) is 34.6 Å². The SMILES string of the molecule is CC(CC(=O)O)OCCC(C)(C)NC(=O)CCCCCCCCCCC(=O)OC(C)(C)C. The summed E-state index contributed by atoms with van der Waals surface area (Å²) in [4.78, 5) is 34.5. The minimum atomic E-state index is -0.872. The van der Waals surface area contributed by atoms with Crippen molar-refractivity contribution in [2.24, 2.45) is 0 Å². The number of carbonyl (C=O) groups is 3. The molecular weight excluding hydrogens is 410 g/mol. The van der Waals surface area contributed by atoms with E-state index >= 15 is 0 Å². The Morgan fingerprint density at radius 3 is 1.84 bits per heavy atom. The van der Waals surface area contributed by atoms with E-state index in [2.05, 4.69) is 5.32 Å². The van der Waals surface area contributed by atoms with Crippen molar-refractivity contribution >= 4 is 17.8 Å². The normalized spacial score (nSPS) is 12.9. The number of nitrogens with one attached hydrogen (secondary N) is 1. The number of rotatable bonds is 18. The summed E-state index contributed by atoms with van der Waals surface area (Å²) in [7, 11) is 0. The number of aliphatic carboxylic acids is 1. The Kier molecular flexibility index (Phi) is 15.2. The zero-order chi connectivity index (χ0) is 24.6. The highest BCUT2D eigenvalue weighted by molar-refractivity contribution is 5.76. The molecule has 0 aliphatic rings. The van der Waals surface area contributed by atoms with Crippen LogP contribution in [0.3, 0.4) is 0 Å². The van der Waals surface area contributed by atoms with E-state index in [0.29, 0.717) is 25.9 Å². The monoisotopic (exact) mass is 457 g/mol. The highest BCUT2D eigenvalue weighted by Gasteiger charge is 2.20. The van der Waals surface area contributed by atoms with Gasteiger partial charge in [-0.15, -0.1) is 0 Å². The zero-order valence-corrected chi connectivity index (χ0v) is 21.3. The molecule has 1 atom stereocenters. The number of carboxylic acids is 1. The van der Waals surface area contributed by atoms with E-state index in [1.54, 1.807) is 6.92 Å². The van der Waals surface area contributed by atoms with Crippen LogP contribution in [-0.4, -0.2) is 46.8 Å². The van der Waals surface area contributed by atoms with Crippen molar-refractivity contribution in [1.29, 1.82) is 0 Å². The van der Waals surface area contributed by atoms with Crippen LogP contribution in [0.1, 0.15) is 119 Å². The van der Waals surface area contributed by atoms with Crippen LogP contribution >= 0.6 is 0 Å². The number of esters is 1. The Labute approximate surface area is 195 Å². The minimum Gasteiger partial charge on any atom is -0.481 e. The van der Waals surface area contributed by atoms with Crippen molar-refractivity contribution in [2.75, 3.05) is 6.61 Å². The minimum absolute atomic E-state index is 0.0150. The standard InChI is InChI=1S/C25H47NO6/c1-20(19-22(28)29)31-18-17-25(5,6)26-21(27)15-13-11-9-7-8-10-12-14-16-23(30)32-24(2,3)4/h20H,7-19H2,1-6H3,(H,26,27)(H,28,29). The van der Waals surface area contributed by atoms with Gasteiger partial charge in [-0.1, -0.05) is 38.5 Å². The van der Waals surface area contributed by atoms with Crippen LogP contribution in [-0.2, 0) is 23.9 Å². The maximum atomic E-state index is 12.2. The Balaban J connectivity index is 3.66. The van der Waals surface area contributed by atoms with Gasteiger partial charge >= 0.3 is 11.9 Å². The topological polar surface area (TPSA) is 102 Å². The number of hydrogen-bond acceptors (Lipinski definition) is 5. The largest absolute Gasteiger partial charge is 0.481 e. The molecule has 0 fully saturated rings. The quantitative estimate of drug-likeness (QED) is 0.211. The molecule has 2 N–H and O–H groups in total. The molecular formula is C25H47NO6. The predicted octanol–water partition coefficient (Wildman–Crippen LogP) is 5.39. The highest BCUT2D eigenvalue weighted by Crippen LogP contribution is 2.14. The molecule has 0 aromatic carbocycles. The van der Waals surface area contributed by atoms with Crippen molar-refractivity contribution in [3.63, 3.8) is 0 Å². The third-order valence-electron chi connectivity index (χ3n) is 5.02. The second-order valence-corrected chi connectivity index (χ2v) is 10.4. The number of carboxylic acid groups (broad SMARTS) is 1. The number of amides is 1. The Morgan fingerprint density at radius 2 is 1.34 bits per heavy atom. The fraction of sp³-hybridized carbons (Fsp3) is 0.880. The smallest absolute Gasteiger partial charge is 0.306 e. The van der Waals surface area contributed by atoms with Crippen molar-refractivity contribution in [3.8, 4) is 0 Å². The molecule has 0 aliphatic heterocycles. The molecule has 32 heavy (non-hydrogen) atoms. The lowest BCUT2D eigenvalue weighted by Crippen LogP contribution is -2.44. The molecule has 1 amide bonds. The van der Waals surface area contributed by atoms with Gasteiger partial charge in [0, 0.05) is 25.0 Å². The van der Waals surface area contributed by atoms with Crippen molar-refractivity contribution < 1.29 is 29.0 Å². The maximum absolute atomic E-state index is 12.2. The molecule has 0 spiro atoms. The summed E-state index contributed by atoms with van der Waals surface area (Å²) in [5.41, 5.74) is -0.778. The molecule has 0 aromatic heterocycles. The van der Waals surface area contributed by atoms with Gasteiger partial charge in [0.2, 0.25) is 5.91 Å². The van der Waals surface area contributed by atoms with Gasteiger partial charge in [0.1, 0.15) is 5.60 Å². The molecule has 0 aromatic rings. The summed E-state index contributed by atoms with van der Waals surface area (Å²) >= 11 is 0. The Hall–Kier alpha value is -1.63. The third-order valence-corrected chi connectivity index (χ3v) is 5.02. The van der Waals surface area contributed by atoms with Crippen molar-refractivity contribution in [2.45, 2.75) is 136 Å². The lowest BCUT2D eigenvalue weighted by atomic mass is 10.0. The van der Waals surface area contributed by atoms with Gasteiger partial charge in [-0.2, -0.15) is 0 Å². The van der Waals surface area contributed by atoms with Gasteiger partial charge in [0.25, 0.3) is 0 Å². The average Bonchev–Trinajstić information content (AvgIpc) is 2.60. The van der Waals surface area contributed by atoms with Gasteiger partial charge < -0.3 is 19.9 Å². The van der Waals surface area contributed by atoms with Gasteiger partial charge in [-0.25, -0.2) is 0 Å². The van der Waals surface area contributed by atoms with E-state index < -0.39 is 11.6 Å². The van der Waals surface area contributed by atoms with E-state index in [9.17, 15) is 14.4 Å². The first-order chi connectivity index (χ1) is 14.8. The van der Waals surface area contributed by atoms with Gasteiger partial charge in [0.05, 0.1) is 12.5 Å². The van der Waals surface area contributed by atoms with Crippen molar-refractivity contribution in [1.82, 2.24) is 5.32 Å². The Bertz CT molecular complexity index is 553. The van der Waals surface area contributed by atoms with E-state index in [1.165, 1.54) is 0 Å². The van der Waals surface area contributed by atoms with Crippen LogP contribution in [0.25, 0.3) is 0 Å². The second-order valence-electron chi connectivity index (χ2n) is 10.4. The van der Waals surface area contributed by atoms with Crippen LogP contribution in [0.5, 0.6) is 0 Å². The molecule has 7 heteroatoms. The summed E-state index contributed by atoms with van der Waals surface area (Å²) < 4.78 is 10.8. The van der Waals surface area contributed by atoms with Crippen LogP contribution in [0.2, 0.25) is 0 Å². The molecule has 0 saturated carbocycles. The van der Waals surface area contributed by atoms with Crippen LogP contribution in [0, 0.1) is 0 Å². The molecule has 1 unspecified atom stereocenters. The molecule has 7 nitrogen and oxygen atoms in total. The predicted molar refractivity (Wildman–Crippen MR) is 127 cm³/mol.